The Hall–Kier alpha value is -2.68. The molecule has 2 aromatic heterocycles. The lowest BCUT2D eigenvalue weighted by molar-refractivity contribution is 0.0513. The van der Waals surface area contributed by atoms with Crippen LogP contribution in [0.25, 0.3) is 11.4 Å². The average molecular weight is 256 g/mol. The van der Waals surface area contributed by atoms with Crippen LogP contribution in [0.4, 0.5) is 0 Å². The SMILES string of the molecule is CCOC(=O)c1cc(-c2ccc(C#N)cn2)nn1C. The Morgan fingerprint density at radius 2 is 2.26 bits per heavy atom. The summed E-state index contributed by atoms with van der Waals surface area (Å²) >= 11 is 0. The second-order valence-electron chi connectivity index (χ2n) is 3.80. The van der Waals surface area contributed by atoms with Gasteiger partial charge in [0, 0.05) is 19.3 Å². The highest BCUT2D eigenvalue weighted by Gasteiger charge is 2.15. The number of pyridine rings is 1. The minimum atomic E-state index is -0.419. The summed E-state index contributed by atoms with van der Waals surface area (Å²) in [4.78, 5) is 15.8. The first-order chi connectivity index (χ1) is 9.15. The summed E-state index contributed by atoms with van der Waals surface area (Å²) in [7, 11) is 1.67. The van der Waals surface area contributed by atoms with Crippen molar-refractivity contribution in [1.82, 2.24) is 14.8 Å². The molecule has 0 aliphatic carbocycles. The van der Waals surface area contributed by atoms with Gasteiger partial charge >= 0.3 is 5.97 Å². The summed E-state index contributed by atoms with van der Waals surface area (Å²) in [5.41, 5.74) is 2.01. The van der Waals surface area contributed by atoms with Crippen LogP contribution in [0.1, 0.15) is 23.0 Å². The Morgan fingerprint density at radius 1 is 1.47 bits per heavy atom. The van der Waals surface area contributed by atoms with Gasteiger partial charge in [-0.2, -0.15) is 10.4 Å². The number of hydrogen-bond donors (Lipinski definition) is 0. The van der Waals surface area contributed by atoms with Crippen LogP contribution in [0.3, 0.4) is 0 Å². The Bertz CT molecular complexity index is 638. The lowest BCUT2D eigenvalue weighted by atomic mass is 10.2. The molecule has 6 nitrogen and oxygen atoms in total. The third kappa shape index (κ3) is 2.60. The van der Waals surface area contributed by atoms with Gasteiger partial charge in [0.2, 0.25) is 0 Å². The maximum atomic E-state index is 11.7. The zero-order chi connectivity index (χ0) is 13.8. The Balaban J connectivity index is 2.33. The van der Waals surface area contributed by atoms with Crippen LogP contribution in [0.5, 0.6) is 0 Å². The predicted octanol–water partition coefficient (Wildman–Crippen LogP) is 1.53. The van der Waals surface area contributed by atoms with E-state index in [1.54, 1.807) is 32.2 Å². The molecule has 0 saturated carbocycles. The smallest absolute Gasteiger partial charge is 0.356 e. The molecule has 6 heteroatoms. The van der Waals surface area contributed by atoms with Crippen LogP contribution in [-0.2, 0) is 11.8 Å². The maximum Gasteiger partial charge on any atom is 0.356 e. The lowest BCUT2D eigenvalue weighted by Crippen LogP contribution is -2.10. The fourth-order valence-corrected chi connectivity index (χ4v) is 1.60. The standard InChI is InChI=1S/C13H12N4O2/c1-3-19-13(18)12-6-11(16-17(12)2)10-5-4-9(7-14)8-15-10/h4-6,8H,3H2,1-2H3. The van der Waals surface area contributed by atoms with E-state index in [0.29, 0.717) is 29.3 Å². The van der Waals surface area contributed by atoms with Gasteiger partial charge in [0.15, 0.2) is 0 Å². The van der Waals surface area contributed by atoms with Gasteiger partial charge in [0.25, 0.3) is 0 Å². The second kappa shape index (κ2) is 5.31. The third-order valence-electron chi connectivity index (χ3n) is 2.52. The topological polar surface area (TPSA) is 80.8 Å². The number of rotatable bonds is 3. The lowest BCUT2D eigenvalue weighted by Gasteiger charge is -1.99. The average Bonchev–Trinajstić information content (AvgIpc) is 2.81. The quantitative estimate of drug-likeness (QED) is 0.778. The number of carbonyl (C=O) groups excluding carboxylic acids is 1. The zero-order valence-electron chi connectivity index (χ0n) is 10.6. The molecule has 2 heterocycles. The van der Waals surface area contributed by atoms with Crippen molar-refractivity contribution in [1.29, 1.82) is 5.26 Å². The van der Waals surface area contributed by atoms with Crippen molar-refractivity contribution >= 4 is 5.97 Å². The monoisotopic (exact) mass is 256 g/mol. The first-order valence-corrected chi connectivity index (χ1v) is 5.73. The van der Waals surface area contributed by atoms with Crippen molar-refractivity contribution in [3.63, 3.8) is 0 Å². The Morgan fingerprint density at radius 3 is 2.84 bits per heavy atom. The molecule has 2 rings (SSSR count). The predicted molar refractivity (Wildman–Crippen MR) is 67.1 cm³/mol. The van der Waals surface area contributed by atoms with Crippen LogP contribution >= 0.6 is 0 Å². The molecule has 2 aromatic rings. The van der Waals surface area contributed by atoms with Crippen molar-refractivity contribution in [2.75, 3.05) is 6.61 Å². The molecule has 0 fully saturated rings. The third-order valence-corrected chi connectivity index (χ3v) is 2.52. The molecular formula is C13H12N4O2. The zero-order valence-corrected chi connectivity index (χ0v) is 10.6. The number of aromatic nitrogens is 3. The van der Waals surface area contributed by atoms with Gasteiger partial charge in [-0.25, -0.2) is 4.79 Å². The largest absolute Gasteiger partial charge is 0.461 e. The summed E-state index contributed by atoms with van der Waals surface area (Å²) in [5, 5.41) is 12.9. The molecule has 0 N–H and O–H groups in total. The van der Waals surface area contributed by atoms with Gasteiger partial charge in [-0.15, -0.1) is 0 Å². The Labute approximate surface area is 110 Å². The Kier molecular flexibility index (Phi) is 3.57. The van der Waals surface area contributed by atoms with Gasteiger partial charge in [0.05, 0.1) is 17.9 Å². The van der Waals surface area contributed by atoms with Crippen molar-refractivity contribution < 1.29 is 9.53 Å². The number of ether oxygens (including phenoxy) is 1. The van der Waals surface area contributed by atoms with Crippen LogP contribution < -0.4 is 0 Å². The normalized spacial score (nSPS) is 9.95. The number of aryl methyl sites for hydroxylation is 1. The number of nitrogens with zero attached hydrogens (tertiary/aromatic N) is 4. The van der Waals surface area contributed by atoms with Crippen molar-refractivity contribution in [3.05, 3.63) is 35.7 Å². The van der Waals surface area contributed by atoms with Gasteiger partial charge in [0.1, 0.15) is 17.5 Å². The first kappa shape index (κ1) is 12.8. The summed E-state index contributed by atoms with van der Waals surface area (Å²) in [6, 6.07) is 6.96. The van der Waals surface area contributed by atoms with E-state index in [0.717, 1.165) is 0 Å². The van der Waals surface area contributed by atoms with Crippen molar-refractivity contribution in [3.8, 4) is 17.5 Å². The number of esters is 1. The molecule has 0 atom stereocenters. The van der Waals surface area contributed by atoms with Crippen molar-refractivity contribution in [2.24, 2.45) is 7.05 Å². The molecule has 0 aliphatic heterocycles. The van der Waals surface area contributed by atoms with Gasteiger partial charge in [-0.05, 0) is 19.1 Å². The van der Waals surface area contributed by atoms with E-state index in [2.05, 4.69) is 10.1 Å². The maximum absolute atomic E-state index is 11.7. The highest BCUT2D eigenvalue weighted by atomic mass is 16.5. The molecule has 0 radical (unpaired) electrons. The number of nitriles is 1. The first-order valence-electron chi connectivity index (χ1n) is 5.73. The molecular weight excluding hydrogens is 244 g/mol. The fraction of sp³-hybridized carbons (Fsp3) is 0.231. The highest BCUT2D eigenvalue weighted by Crippen LogP contribution is 2.17. The van der Waals surface area contributed by atoms with E-state index in [1.807, 2.05) is 6.07 Å². The van der Waals surface area contributed by atoms with Gasteiger partial charge in [-0.3, -0.25) is 9.67 Å². The minimum absolute atomic E-state index is 0.314. The fourth-order valence-electron chi connectivity index (χ4n) is 1.60. The summed E-state index contributed by atoms with van der Waals surface area (Å²) < 4.78 is 6.38. The molecule has 0 spiro atoms. The molecule has 0 amide bonds. The van der Waals surface area contributed by atoms with Gasteiger partial charge in [-0.1, -0.05) is 0 Å². The van der Waals surface area contributed by atoms with Crippen LogP contribution in [0.2, 0.25) is 0 Å². The van der Waals surface area contributed by atoms with Crippen molar-refractivity contribution in [2.45, 2.75) is 6.92 Å². The van der Waals surface area contributed by atoms with Crippen LogP contribution in [0, 0.1) is 11.3 Å². The molecule has 0 unspecified atom stereocenters. The molecule has 0 bridgehead atoms. The molecule has 0 aromatic carbocycles. The van der Waals surface area contributed by atoms with Crippen LogP contribution in [0.15, 0.2) is 24.4 Å². The molecule has 19 heavy (non-hydrogen) atoms. The van der Waals surface area contributed by atoms with E-state index in [4.69, 9.17) is 10.00 Å². The summed E-state index contributed by atoms with van der Waals surface area (Å²) in [6.45, 7) is 2.06. The van der Waals surface area contributed by atoms with E-state index < -0.39 is 5.97 Å². The summed E-state index contributed by atoms with van der Waals surface area (Å²) in [5.74, 6) is -0.419. The number of hydrogen-bond acceptors (Lipinski definition) is 5. The van der Waals surface area contributed by atoms with E-state index in [9.17, 15) is 4.79 Å². The molecule has 0 aliphatic rings. The minimum Gasteiger partial charge on any atom is -0.461 e. The number of carbonyl (C=O) groups is 1. The summed E-state index contributed by atoms with van der Waals surface area (Å²) in [6.07, 6.45) is 1.47. The van der Waals surface area contributed by atoms with E-state index in [-0.39, 0.29) is 0 Å². The van der Waals surface area contributed by atoms with E-state index >= 15 is 0 Å². The second-order valence-corrected chi connectivity index (χ2v) is 3.80. The van der Waals surface area contributed by atoms with E-state index in [1.165, 1.54) is 10.9 Å². The van der Waals surface area contributed by atoms with Gasteiger partial charge < -0.3 is 4.74 Å². The highest BCUT2D eigenvalue weighted by molar-refractivity contribution is 5.88. The molecule has 0 saturated heterocycles. The van der Waals surface area contributed by atoms with Crippen LogP contribution in [-0.4, -0.2) is 27.3 Å². The molecule has 96 valence electrons.